The SMILES string of the molecule is CCOCCOC(C)[C@H](C)N. The highest BCUT2D eigenvalue weighted by atomic mass is 16.5. The van der Waals surface area contributed by atoms with Gasteiger partial charge in [0.1, 0.15) is 0 Å². The van der Waals surface area contributed by atoms with Crippen LogP contribution in [0.1, 0.15) is 20.8 Å². The van der Waals surface area contributed by atoms with Crippen LogP contribution in [0.5, 0.6) is 0 Å². The minimum Gasteiger partial charge on any atom is -0.379 e. The van der Waals surface area contributed by atoms with Crippen LogP contribution in [-0.4, -0.2) is 32.0 Å². The predicted molar refractivity (Wildman–Crippen MR) is 45.6 cm³/mol. The monoisotopic (exact) mass is 161 g/mol. The molecule has 0 aliphatic heterocycles. The topological polar surface area (TPSA) is 44.5 Å². The van der Waals surface area contributed by atoms with Gasteiger partial charge >= 0.3 is 0 Å². The number of ether oxygens (including phenoxy) is 2. The number of nitrogens with two attached hydrogens (primary N) is 1. The average Bonchev–Trinajstić information content (AvgIpc) is 1.97. The van der Waals surface area contributed by atoms with Crippen LogP contribution in [0.3, 0.4) is 0 Å². The normalized spacial score (nSPS) is 16.4. The smallest absolute Gasteiger partial charge is 0.0704 e. The van der Waals surface area contributed by atoms with Crippen molar-refractivity contribution in [1.29, 1.82) is 0 Å². The van der Waals surface area contributed by atoms with Crippen molar-refractivity contribution in [2.24, 2.45) is 5.73 Å². The van der Waals surface area contributed by atoms with Crippen LogP contribution in [-0.2, 0) is 9.47 Å². The second-order valence-corrected chi connectivity index (χ2v) is 2.63. The summed E-state index contributed by atoms with van der Waals surface area (Å²) >= 11 is 0. The van der Waals surface area contributed by atoms with E-state index < -0.39 is 0 Å². The molecule has 3 heteroatoms. The molecule has 0 saturated heterocycles. The van der Waals surface area contributed by atoms with Crippen molar-refractivity contribution < 1.29 is 9.47 Å². The van der Waals surface area contributed by atoms with Crippen LogP contribution < -0.4 is 5.73 Å². The Kier molecular flexibility index (Phi) is 6.51. The lowest BCUT2D eigenvalue weighted by molar-refractivity contribution is 0.00739. The molecule has 3 nitrogen and oxygen atoms in total. The molecule has 0 rings (SSSR count). The standard InChI is InChI=1S/C8H19NO2/c1-4-10-5-6-11-8(3)7(2)9/h7-8H,4-6,9H2,1-3H3/t7-,8?/m0/s1. The molecule has 0 aromatic heterocycles. The fraction of sp³-hybridized carbons (Fsp3) is 1.00. The molecule has 68 valence electrons. The molecular weight excluding hydrogens is 142 g/mol. The van der Waals surface area contributed by atoms with Gasteiger partial charge in [0.05, 0.1) is 19.3 Å². The predicted octanol–water partition coefficient (Wildman–Crippen LogP) is 0.775. The molecule has 0 bridgehead atoms. The number of hydrogen-bond donors (Lipinski definition) is 1. The quantitative estimate of drug-likeness (QED) is 0.585. The van der Waals surface area contributed by atoms with E-state index in [0.29, 0.717) is 13.2 Å². The highest BCUT2D eigenvalue weighted by Gasteiger charge is 2.05. The van der Waals surface area contributed by atoms with E-state index in [4.69, 9.17) is 15.2 Å². The Balaban J connectivity index is 3.10. The Morgan fingerprint density at radius 2 is 1.91 bits per heavy atom. The number of rotatable bonds is 6. The van der Waals surface area contributed by atoms with Gasteiger partial charge in [-0.1, -0.05) is 0 Å². The van der Waals surface area contributed by atoms with Crippen molar-refractivity contribution in [2.45, 2.75) is 32.9 Å². The summed E-state index contributed by atoms with van der Waals surface area (Å²) in [6.45, 7) is 7.91. The van der Waals surface area contributed by atoms with Crippen LogP contribution in [0, 0.1) is 0 Å². The minimum absolute atomic E-state index is 0.0941. The van der Waals surface area contributed by atoms with E-state index in [9.17, 15) is 0 Å². The van der Waals surface area contributed by atoms with Crippen molar-refractivity contribution in [1.82, 2.24) is 0 Å². The summed E-state index contributed by atoms with van der Waals surface area (Å²) in [5.74, 6) is 0. The summed E-state index contributed by atoms with van der Waals surface area (Å²) in [7, 11) is 0. The Hall–Kier alpha value is -0.120. The Morgan fingerprint density at radius 1 is 1.27 bits per heavy atom. The lowest BCUT2D eigenvalue weighted by Gasteiger charge is -2.16. The lowest BCUT2D eigenvalue weighted by atomic mass is 10.2. The first kappa shape index (κ1) is 10.9. The van der Waals surface area contributed by atoms with Gasteiger partial charge in [0.15, 0.2) is 0 Å². The van der Waals surface area contributed by atoms with Crippen LogP contribution in [0.25, 0.3) is 0 Å². The minimum atomic E-state index is 0.0941. The van der Waals surface area contributed by atoms with Crippen molar-refractivity contribution in [3.8, 4) is 0 Å². The summed E-state index contributed by atoms with van der Waals surface area (Å²) in [6.07, 6.45) is 0.121. The van der Waals surface area contributed by atoms with Crippen LogP contribution >= 0.6 is 0 Å². The third-order valence-corrected chi connectivity index (χ3v) is 1.55. The fourth-order valence-corrected chi connectivity index (χ4v) is 0.589. The van der Waals surface area contributed by atoms with Gasteiger partial charge in [-0.05, 0) is 20.8 Å². The van der Waals surface area contributed by atoms with Crippen molar-refractivity contribution >= 4 is 0 Å². The van der Waals surface area contributed by atoms with Crippen LogP contribution in [0.15, 0.2) is 0 Å². The third-order valence-electron chi connectivity index (χ3n) is 1.55. The highest BCUT2D eigenvalue weighted by Crippen LogP contribution is 1.94. The van der Waals surface area contributed by atoms with Gasteiger partial charge in [0, 0.05) is 12.6 Å². The molecule has 2 atom stereocenters. The van der Waals surface area contributed by atoms with Crippen molar-refractivity contribution in [2.75, 3.05) is 19.8 Å². The molecule has 0 heterocycles. The Bertz CT molecular complexity index is 86.2. The van der Waals surface area contributed by atoms with E-state index >= 15 is 0 Å². The van der Waals surface area contributed by atoms with Gasteiger partial charge in [0.25, 0.3) is 0 Å². The van der Waals surface area contributed by atoms with E-state index in [-0.39, 0.29) is 12.1 Å². The maximum Gasteiger partial charge on any atom is 0.0704 e. The zero-order chi connectivity index (χ0) is 8.69. The molecule has 1 unspecified atom stereocenters. The molecule has 0 spiro atoms. The largest absolute Gasteiger partial charge is 0.379 e. The molecule has 0 radical (unpaired) electrons. The fourth-order valence-electron chi connectivity index (χ4n) is 0.589. The number of hydrogen-bond acceptors (Lipinski definition) is 3. The van der Waals surface area contributed by atoms with E-state index in [2.05, 4.69) is 0 Å². The van der Waals surface area contributed by atoms with Crippen LogP contribution in [0.2, 0.25) is 0 Å². The summed E-state index contributed by atoms with van der Waals surface area (Å²) in [5.41, 5.74) is 5.58. The molecule has 11 heavy (non-hydrogen) atoms. The van der Waals surface area contributed by atoms with Gasteiger partial charge in [-0.15, -0.1) is 0 Å². The third kappa shape index (κ3) is 6.28. The van der Waals surface area contributed by atoms with Gasteiger partial charge in [-0.3, -0.25) is 0 Å². The lowest BCUT2D eigenvalue weighted by Crippen LogP contribution is -2.32. The molecule has 0 aliphatic carbocycles. The first-order chi connectivity index (χ1) is 5.18. The van der Waals surface area contributed by atoms with Gasteiger partial charge in [-0.25, -0.2) is 0 Å². The Morgan fingerprint density at radius 3 is 2.36 bits per heavy atom. The molecule has 0 aromatic rings. The zero-order valence-corrected chi connectivity index (χ0v) is 7.67. The maximum absolute atomic E-state index is 5.58. The van der Waals surface area contributed by atoms with E-state index in [0.717, 1.165) is 6.61 Å². The van der Waals surface area contributed by atoms with E-state index in [1.165, 1.54) is 0 Å². The second-order valence-electron chi connectivity index (χ2n) is 2.63. The van der Waals surface area contributed by atoms with Gasteiger partial charge in [0.2, 0.25) is 0 Å². The summed E-state index contributed by atoms with van der Waals surface area (Å²) in [6, 6.07) is 0.0941. The van der Waals surface area contributed by atoms with Gasteiger partial charge < -0.3 is 15.2 Å². The zero-order valence-electron chi connectivity index (χ0n) is 7.67. The molecule has 0 saturated carbocycles. The highest BCUT2D eigenvalue weighted by molar-refractivity contribution is 4.61. The van der Waals surface area contributed by atoms with Gasteiger partial charge in [-0.2, -0.15) is 0 Å². The second kappa shape index (κ2) is 6.58. The average molecular weight is 161 g/mol. The molecule has 0 fully saturated rings. The first-order valence-corrected chi connectivity index (χ1v) is 4.13. The molecule has 2 N–H and O–H groups in total. The molecule has 0 aromatic carbocycles. The van der Waals surface area contributed by atoms with Crippen molar-refractivity contribution in [3.05, 3.63) is 0 Å². The Labute approximate surface area is 68.9 Å². The van der Waals surface area contributed by atoms with Crippen molar-refractivity contribution in [3.63, 3.8) is 0 Å². The maximum atomic E-state index is 5.58. The molecular formula is C8H19NO2. The van der Waals surface area contributed by atoms with Crippen LogP contribution in [0.4, 0.5) is 0 Å². The molecule has 0 aliphatic rings. The summed E-state index contributed by atoms with van der Waals surface area (Å²) < 4.78 is 10.5. The van der Waals surface area contributed by atoms with E-state index in [1.54, 1.807) is 0 Å². The summed E-state index contributed by atoms with van der Waals surface area (Å²) in [5, 5.41) is 0. The summed E-state index contributed by atoms with van der Waals surface area (Å²) in [4.78, 5) is 0. The molecule has 0 amide bonds. The first-order valence-electron chi connectivity index (χ1n) is 4.13. The van der Waals surface area contributed by atoms with E-state index in [1.807, 2.05) is 20.8 Å².